The molecule has 0 heterocycles. The number of anilines is 1. The first kappa shape index (κ1) is 17.7. The summed E-state index contributed by atoms with van der Waals surface area (Å²) < 4.78 is 5.33. The minimum absolute atomic E-state index is 0. The fraction of sp³-hybridized carbons (Fsp3) is 0.176. The molecule has 5 heteroatoms. The molecule has 0 fully saturated rings. The van der Waals surface area contributed by atoms with Crippen LogP contribution < -0.4 is 10.1 Å². The summed E-state index contributed by atoms with van der Waals surface area (Å²) in [7, 11) is 0. The first-order chi connectivity index (χ1) is 10.1. The minimum Gasteiger partial charge on any atom is -0.484 e. The van der Waals surface area contributed by atoms with E-state index in [1.54, 1.807) is 30.3 Å². The number of nitrogens with one attached hydrogen (secondary N) is 1. The number of ether oxygens (including phenoxy) is 1. The van der Waals surface area contributed by atoms with Gasteiger partial charge in [-0.15, -0.1) is 0 Å². The zero-order chi connectivity index (χ0) is 15.2. The van der Waals surface area contributed by atoms with Crippen molar-refractivity contribution in [3.05, 3.63) is 59.1 Å². The number of halogens is 1. The molecule has 0 saturated heterocycles. The van der Waals surface area contributed by atoms with Crippen LogP contribution >= 0.6 is 11.6 Å². The Morgan fingerprint density at radius 3 is 2.41 bits per heavy atom. The molecule has 4 nitrogen and oxygen atoms in total. The third-order valence-corrected chi connectivity index (χ3v) is 3.06. The molecule has 2 aromatic rings. The predicted octanol–water partition coefficient (Wildman–Crippen LogP) is 4.20. The van der Waals surface area contributed by atoms with Crippen molar-refractivity contribution in [2.75, 3.05) is 11.9 Å². The second-order valence-electron chi connectivity index (χ2n) is 4.40. The van der Waals surface area contributed by atoms with Gasteiger partial charge in [-0.3, -0.25) is 9.59 Å². The van der Waals surface area contributed by atoms with Crippen LogP contribution in [-0.4, -0.2) is 18.3 Å². The standard InChI is InChI=1S/C16H14ClNO3.CH4/c1-11(19)14-8-7-12(9-15(14)17)18-16(20)10-21-13-5-3-2-4-6-13;/h2-9H,10H2,1H3,(H,18,20);1H4. The Labute approximate surface area is 135 Å². The van der Waals surface area contributed by atoms with Crippen molar-refractivity contribution in [2.24, 2.45) is 0 Å². The van der Waals surface area contributed by atoms with Gasteiger partial charge >= 0.3 is 0 Å². The molecular weight excluding hydrogens is 302 g/mol. The van der Waals surface area contributed by atoms with Crippen LogP contribution in [0.25, 0.3) is 0 Å². The van der Waals surface area contributed by atoms with Crippen LogP contribution in [0.1, 0.15) is 24.7 Å². The number of Topliss-reactive ketones (excluding diaryl/α,β-unsaturated/α-hetero) is 1. The molecule has 0 aromatic heterocycles. The molecule has 2 rings (SSSR count). The SMILES string of the molecule is C.CC(=O)c1ccc(NC(=O)COc2ccccc2)cc1Cl. The van der Waals surface area contributed by atoms with Crippen LogP contribution in [0.3, 0.4) is 0 Å². The van der Waals surface area contributed by atoms with Gasteiger partial charge in [0.2, 0.25) is 0 Å². The lowest BCUT2D eigenvalue weighted by Gasteiger charge is -2.08. The third kappa shape index (κ3) is 4.90. The molecule has 0 saturated carbocycles. The lowest BCUT2D eigenvalue weighted by Crippen LogP contribution is -2.20. The van der Waals surface area contributed by atoms with Crippen molar-refractivity contribution >= 4 is 29.0 Å². The van der Waals surface area contributed by atoms with Crippen molar-refractivity contribution in [1.29, 1.82) is 0 Å². The monoisotopic (exact) mass is 319 g/mol. The van der Waals surface area contributed by atoms with Crippen molar-refractivity contribution in [3.8, 4) is 5.75 Å². The van der Waals surface area contributed by atoms with Crippen LogP contribution in [0.2, 0.25) is 5.02 Å². The molecule has 0 atom stereocenters. The lowest BCUT2D eigenvalue weighted by molar-refractivity contribution is -0.118. The highest BCUT2D eigenvalue weighted by atomic mass is 35.5. The molecule has 22 heavy (non-hydrogen) atoms. The van der Waals surface area contributed by atoms with Gasteiger partial charge in [0, 0.05) is 11.3 Å². The molecule has 1 N–H and O–H groups in total. The molecule has 0 aliphatic rings. The van der Waals surface area contributed by atoms with E-state index in [0.29, 0.717) is 22.0 Å². The molecule has 0 spiro atoms. The quantitative estimate of drug-likeness (QED) is 0.840. The largest absolute Gasteiger partial charge is 0.484 e. The molecule has 116 valence electrons. The summed E-state index contributed by atoms with van der Waals surface area (Å²) in [6.07, 6.45) is 0. The number of carbonyl (C=O) groups excluding carboxylic acids is 2. The highest BCUT2D eigenvalue weighted by Gasteiger charge is 2.08. The normalized spacial score (nSPS) is 9.55. The Morgan fingerprint density at radius 2 is 1.82 bits per heavy atom. The van der Waals surface area contributed by atoms with Crippen LogP contribution in [0.15, 0.2) is 48.5 Å². The summed E-state index contributed by atoms with van der Waals surface area (Å²) in [5, 5.41) is 2.97. The molecule has 2 aromatic carbocycles. The molecule has 0 radical (unpaired) electrons. The van der Waals surface area contributed by atoms with E-state index in [1.807, 2.05) is 18.2 Å². The summed E-state index contributed by atoms with van der Waals surface area (Å²) in [5.74, 6) is 0.202. The van der Waals surface area contributed by atoms with E-state index in [4.69, 9.17) is 16.3 Å². The van der Waals surface area contributed by atoms with Crippen molar-refractivity contribution in [3.63, 3.8) is 0 Å². The van der Waals surface area contributed by atoms with Gasteiger partial charge in [-0.2, -0.15) is 0 Å². The van der Waals surface area contributed by atoms with Crippen molar-refractivity contribution in [1.82, 2.24) is 0 Å². The number of hydrogen-bond donors (Lipinski definition) is 1. The van der Waals surface area contributed by atoms with Gasteiger partial charge in [0.1, 0.15) is 5.75 Å². The average molecular weight is 320 g/mol. The van der Waals surface area contributed by atoms with Crippen molar-refractivity contribution in [2.45, 2.75) is 14.4 Å². The molecule has 0 aliphatic heterocycles. The number of para-hydroxylation sites is 1. The van der Waals surface area contributed by atoms with Crippen LogP contribution in [0.5, 0.6) is 5.75 Å². The molecule has 0 aliphatic carbocycles. The summed E-state index contributed by atoms with van der Waals surface area (Å²) >= 11 is 5.98. The number of ketones is 1. The Morgan fingerprint density at radius 1 is 1.14 bits per heavy atom. The fourth-order valence-electron chi connectivity index (χ4n) is 1.74. The maximum Gasteiger partial charge on any atom is 0.262 e. The predicted molar refractivity (Wildman–Crippen MR) is 88.8 cm³/mol. The maximum absolute atomic E-state index is 11.8. The van der Waals surface area contributed by atoms with E-state index in [9.17, 15) is 9.59 Å². The molecule has 1 amide bonds. The van der Waals surface area contributed by atoms with Gasteiger partial charge in [-0.05, 0) is 37.3 Å². The highest BCUT2D eigenvalue weighted by Crippen LogP contribution is 2.21. The first-order valence-corrected chi connectivity index (χ1v) is 6.72. The Hall–Kier alpha value is -2.33. The number of hydrogen-bond acceptors (Lipinski definition) is 3. The first-order valence-electron chi connectivity index (χ1n) is 6.34. The molecule has 0 unspecified atom stereocenters. The van der Waals surface area contributed by atoms with Crippen LogP contribution in [0, 0.1) is 0 Å². The zero-order valence-electron chi connectivity index (χ0n) is 11.4. The van der Waals surface area contributed by atoms with E-state index >= 15 is 0 Å². The van der Waals surface area contributed by atoms with E-state index in [-0.39, 0.29) is 25.7 Å². The van der Waals surface area contributed by atoms with E-state index < -0.39 is 0 Å². The average Bonchev–Trinajstić information content (AvgIpc) is 2.46. The van der Waals surface area contributed by atoms with Crippen molar-refractivity contribution < 1.29 is 14.3 Å². The lowest BCUT2D eigenvalue weighted by atomic mass is 10.1. The zero-order valence-corrected chi connectivity index (χ0v) is 12.2. The number of benzene rings is 2. The van der Waals surface area contributed by atoms with E-state index in [0.717, 1.165) is 0 Å². The Bertz CT molecular complexity index is 656. The smallest absolute Gasteiger partial charge is 0.262 e. The maximum atomic E-state index is 11.8. The van der Waals surface area contributed by atoms with Crippen LogP contribution in [-0.2, 0) is 4.79 Å². The highest BCUT2D eigenvalue weighted by molar-refractivity contribution is 6.34. The topological polar surface area (TPSA) is 55.4 Å². The number of amides is 1. The number of rotatable bonds is 5. The second kappa shape index (κ2) is 8.20. The van der Waals surface area contributed by atoms with Crippen LogP contribution in [0.4, 0.5) is 5.69 Å². The second-order valence-corrected chi connectivity index (χ2v) is 4.81. The fourth-order valence-corrected chi connectivity index (χ4v) is 2.05. The third-order valence-electron chi connectivity index (χ3n) is 2.75. The Kier molecular flexibility index (Phi) is 6.60. The van der Waals surface area contributed by atoms with Gasteiger partial charge in [0.05, 0.1) is 5.02 Å². The minimum atomic E-state index is -0.300. The Balaban J connectivity index is 0.00000242. The summed E-state index contributed by atoms with van der Waals surface area (Å²) in [5.41, 5.74) is 0.946. The summed E-state index contributed by atoms with van der Waals surface area (Å²) in [4.78, 5) is 23.0. The number of carbonyl (C=O) groups is 2. The van der Waals surface area contributed by atoms with Gasteiger partial charge < -0.3 is 10.1 Å². The van der Waals surface area contributed by atoms with Gasteiger partial charge in [0.25, 0.3) is 5.91 Å². The summed E-state index contributed by atoms with van der Waals surface area (Å²) in [6, 6.07) is 13.8. The van der Waals surface area contributed by atoms with E-state index in [1.165, 1.54) is 6.92 Å². The molecule has 0 bridgehead atoms. The van der Waals surface area contributed by atoms with E-state index in [2.05, 4.69) is 5.32 Å². The van der Waals surface area contributed by atoms with Gasteiger partial charge in [-0.25, -0.2) is 0 Å². The van der Waals surface area contributed by atoms with Gasteiger partial charge in [-0.1, -0.05) is 37.2 Å². The molecular formula is C17H18ClNO3. The summed E-state index contributed by atoms with van der Waals surface area (Å²) in [6.45, 7) is 1.34. The van der Waals surface area contributed by atoms with Gasteiger partial charge in [0.15, 0.2) is 12.4 Å².